The largest absolute Gasteiger partial charge is 0.493 e. The lowest BCUT2D eigenvalue weighted by Crippen LogP contribution is -2.25. The van der Waals surface area contributed by atoms with Gasteiger partial charge in [-0.05, 0) is 54.3 Å². The van der Waals surface area contributed by atoms with Gasteiger partial charge in [0, 0.05) is 0 Å². The molecule has 0 aliphatic heterocycles. The van der Waals surface area contributed by atoms with Gasteiger partial charge in [-0.25, -0.2) is 5.43 Å². The monoisotopic (exact) mass is 418 g/mol. The van der Waals surface area contributed by atoms with E-state index in [0.29, 0.717) is 18.1 Å². The zero-order valence-corrected chi connectivity index (χ0v) is 17.9. The van der Waals surface area contributed by atoms with Crippen LogP contribution < -0.4 is 19.6 Å². The standard InChI is InChI=1S/C25H26N2O4/c1-18-8-7-9-19(2)25(18)31-17-24(28)27-26-15-21-12-13-22(23(14-21)29-3)30-16-20-10-5-4-6-11-20/h4-15H,16-17H2,1-3H3,(H,27,28)/b26-15-. The number of carbonyl (C=O) groups is 1. The van der Waals surface area contributed by atoms with Crippen LogP contribution in [0.2, 0.25) is 0 Å². The second kappa shape index (κ2) is 10.8. The third-order valence-electron chi connectivity index (χ3n) is 4.58. The summed E-state index contributed by atoms with van der Waals surface area (Å²) in [5.74, 6) is 1.60. The molecule has 0 aliphatic carbocycles. The van der Waals surface area contributed by atoms with Crippen LogP contribution in [0.1, 0.15) is 22.3 Å². The van der Waals surface area contributed by atoms with Crippen LogP contribution in [0.3, 0.4) is 0 Å². The van der Waals surface area contributed by atoms with Gasteiger partial charge in [-0.15, -0.1) is 0 Å². The number of hydrogen-bond acceptors (Lipinski definition) is 5. The predicted octanol–water partition coefficient (Wildman–Crippen LogP) is 4.42. The molecule has 0 heterocycles. The van der Waals surface area contributed by atoms with Crippen molar-refractivity contribution < 1.29 is 19.0 Å². The van der Waals surface area contributed by atoms with E-state index in [9.17, 15) is 4.79 Å². The number of ether oxygens (including phenoxy) is 3. The Labute approximate surface area is 182 Å². The van der Waals surface area contributed by atoms with E-state index < -0.39 is 0 Å². The molecule has 0 unspecified atom stereocenters. The zero-order chi connectivity index (χ0) is 22.1. The van der Waals surface area contributed by atoms with E-state index in [1.54, 1.807) is 19.4 Å². The van der Waals surface area contributed by atoms with E-state index >= 15 is 0 Å². The van der Waals surface area contributed by atoms with Crippen molar-refractivity contribution in [2.75, 3.05) is 13.7 Å². The van der Waals surface area contributed by atoms with Crippen LogP contribution in [-0.4, -0.2) is 25.8 Å². The van der Waals surface area contributed by atoms with E-state index in [1.165, 1.54) is 0 Å². The van der Waals surface area contributed by atoms with Crippen molar-refractivity contribution in [3.63, 3.8) is 0 Å². The molecule has 0 atom stereocenters. The average Bonchev–Trinajstić information content (AvgIpc) is 2.78. The Morgan fingerprint density at radius 3 is 2.39 bits per heavy atom. The summed E-state index contributed by atoms with van der Waals surface area (Å²) in [6.07, 6.45) is 1.54. The third-order valence-corrected chi connectivity index (χ3v) is 4.58. The van der Waals surface area contributed by atoms with Crippen LogP contribution in [0.25, 0.3) is 0 Å². The Morgan fingerprint density at radius 1 is 0.935 bits per heavy atom. The molecule has 6 nitrogen and oxygen atoms in total. The van der Waals surface area contributed by atoms with Crippen LogP contribution in [-0.2, 0) is 11.4 Å². The van der Waals surface area contributed by atoms with Gasteiger partial charge in [-0.1, -0.05) is 48.5 Å². The molecule has 0 saturated carbocycles. The molecule has 0 aromatic heterocycles. The van der Waals surface area contributed by atoms with Crippen molar-refractivity contribution in [2.24, 2.45) is 5.10 Å². The Kier molecular flexibility index (Phi) is 7.65. The van der Waals surface area contributed by atoms with E-state index in [1.807, 2.05) is 74.5 Å². The van der Waals surface area contributed by atoms with Crippen LogP contribution in [0, 0.1) is 13.8 Å². The highest BCUT2D eigenvalue weighted by Crippen LogP contribution is 2.28. The second-order valence-electron chi connectivity index (χ2n) is 6.99. The number of nitrogens with zero attached hydrogens (tertiary/aromatic N) is 1. The van der Waals surface area contributed by atoms with Gasteiger partial charge in [-0.2, -0.15) is 5.10 Å². The van der Waals surface area contributed by atoms with Crippen LogP contribution in [0.5, 0.6) is 17.2 Å². The highest BCUT2D eigenvalue weighted by Gasteiger charge is 2.08. The number of para-hydroxylation sites is 1. The lowest BCUT2D eigenvalue weighted by molar-refractivity contribution is -0.123. The molecule has 0 bridgehead atoms. The Hall–Kier alpha value is -3.80. The van der Waals surface area contributed by atoms with Crippen LogP contribution >= 0.6 is 0 Å². The maximum absolute atomic E-state index is 12.0. The van der Waals surface area contributed by atoms with Crippen molar-refractivity contribution in [3.8, 4) is 17.2 Å². The molecular weight excluding hydrogens is 392 g/mol. The molecule has 1 N–H and O–H groups in total. The van der Waals surface area contributed by atoms with Gasteiger partial charge >= 0.3 is 0 Å². The molecule has 0 saturated heterocycles. The van der Waals surface area contributed by atoms with Crippen molar-refractivity contribution in [2.45, 2.75) is 20.5 Å². The van der Waals surface area contributed by atoms with Gasteiger partial charge in [0.2, 0.25) is 0 Å². The minimum atomic E-state index is -0.339. The molecule has 31 heavy (non-hydrogen) atoms. The number of hydrazone groups is 1. The van der Waals surface area contributed by atoms with Gasteiger partial charge in [0.15, 0.2) is 18.1 Å². The highest BCUT2D eigenvalue weighted by molar-refractivity contribution is 5.83. The minimum absolute atomic E-state index is 0.112. The van der Waals surface area contributed by atoms with Gasteiger partial charge in [0.25, 0.3) is 5.91 Å². The SMILES string of the molecule is COc1cc(/C=N\NC(=O)COc2c(C)cccc2C)ccc1OCc1ccccc1. The first-order chi connectivity index (χ1) is 15.1. The second-order valence-corrected chi connectivity index (χ2v) is 6.99. The maximum atomic E-state index is 12.0. The van der Waals surface area contributed by atoms with E-state index in [2.05, 4.69) is 10.5 Å². The number of hydrogen-bond donors (Lipinski definition) is 1. The highest BCUT2D eigenvalue weighted by atomic mass is 16.5. The van der Waals surface area contributed by atoms with Crippen LogP contribution in [0.4, 0.5) is 0 Å². The molecule has 1 amide bonds. The summed E-state index contributed by atoms with van der Waals surface area (Å²) in [5.41, 5.74) is 6.28. The molecule has 3 aromatic carbocycles. The fourth-order valence-corrected chi connectivity index (χ4v) is 2.99. The van der Waals surface area contributed by atoms with E-state index in [-0.39, 0.29) is 12.5 Å². The summed E-state index contributed by atoms with van der Waals surface area (Å²) < 4.78 is 16.9. The van der Waals surface area contributed by atoms with E-state index in [4.69, 9.17) is 14.2 Å². The Morgan fingerprint density at radius 2 is 1.68 bits per heavy atom. The number of amides is 1. The Balaban J connectivity index is 1.53. The summed E-state index contributed by atoms with van der Waals surface area (Å²) in [6, 6.07) is 21.2. The van der Waals surface area contributed by atoms with Crippen molar-refractivity contribution in [1.29, 1.82) is 0 Å². The fraction of sp³-hybridized carbons (Fsp3) is 0.200. The number of aryl methyl sites for hydroxylation is 2. The van der Waals surface area contributed by atoms with Crippen molar-refractivity contribution in [3.05, 3.63) is 89.0 Å². The molecule has 0 fully saturated rings. The quantitative estimate of drug-likeness (QED) is 0.413. The number of carbonyl (C=O) groups excluding carboxylic acids is 1. The smallest absolute Gasteiger partial charge is 0.277 e. The number of methoxy groups -OCH3 is 1. The molecule has 160 valence electrons. The van der Waals surface area contributed by atoms with Gasteiger partial charge in [-0.3, -0.25) is 4.79 Å². The molecule has 3 aromatic rings. The Bertz CT molecular complexity index is 1030. The summed E-state index contributed by atoms with van der Waals surface area (Å²) in [5, 5.41) is 4.00. The van der Waals surface area contributed by atoms with Gasteiger partial charge < -0.3 is 14.2 Å². The maximum Gasteiger partial charge on any atom is 0.277 e. The summed E-state index contributed by atoms with van der Waals surface area (Å²) in [4.78, 5) is 12.0. The molecule has 3 rings (SSSR count). The van der Waals surface area contributed by atoms with E-state index in [0.717, 1.165) is 28.0 Å². The lowest BCUT2D eigenvalue weighted by atomic mass is 10.1. The average molecular weight is 418 g/mol. The van der Waals surface area contributed by atoms with Crippen molar-refractivity contribution >= 4 is 12.1 Å². The number of rotatable bonds is 9. The lowest BCUT2D eigenvalue weighted by Gasteiger charge is -2.11. The van der Waals surface area contributed by atoms with Gasteiger partial charge in [0.1, 0.15) is 12.4 Å². The van der Waals surface area contributed by atoms with Gasteiger partial charge in [0.05, 0.1) is 13.3 Å². The summed E-state index contributed by atoms with van der Waals surface area (Å²) in [6.45, 7) is 4.22. The number of nitrogens with one attached hydrogen (secondary N) is 1. The molecule has 0 spiro atoms. The summed E-state index contributed by atoms with van der Waals surface area (Å²) in [7, 11) is 1.58. The molecule has 6 heteroatoms. The first-order valence-corrected chi connectivity index (χ1v) is 9.92. The first kappa shape index (κ1) is 21.9. The normalized spacial score (nSPS) is 10.7. The number of benzene rings is 3. The zero-order valence-electron chi connectivity index (χ0n) is 17.9. The predicted molar refractivity (Wildman–Crippen MR) is 121 cm³/mol. The first-order valence-electron chi connectivity index (χ1n) is 9.92. The topological polar surface area (TPSA) is 69.2 Å². The van der Waals surface area contributed by atoms with Crippen LogP contribution in [0.15, 0.2) is 71.8 Å². The molecule has 0 aliphatic rings. The molecule has 0 radical (unpaired) electrons. The molecular formula is C25H26N2O4. The fourth-order valence-electron chi connectivity index (χ4n) is 2.99. The summed E-state index contributed by atoms with van der Waals surface area (Å²) >= 11 is 0. The van der Waals surface area contributed by atoms with Crippen molar-refractivity contribution in [1.82, 2.24) is 5.43 Å². The minimum Gasteiger partial charge on any atom is -0.493 e. The third kappa shape index (κ3) is 6.34.